The van der Waals surface area contributed by atoms with E-state index in [-0.39, 0.29) is 12.1 Å². The normalized spacial score (nSPS) is 33.0. The zero-order valence-corrected chi connectivity index (χ0v) is 11.5. The SMILES string of the molecule is COc1c(F)cc(C2(O)CC3CCCC(C2)N3)cc1F. The fourth-order valence-corrected chi connectivity index (χ4v) is 3.59. The van der Waals surface area contributed by atoms with Crippen LogP contribution in [0.15, 0.2) is 12.1 Å². The van der Waals surface area contributed by atoms with Gasteiger partial charge in [-0.1, -0.05) is 6.42 Å². The highest BCUT2D eigenvalue weighted by Gasteiger charge is 2.42. The number of benzene rings is 1. The van der Waals surface area contributed by atoms with Crippen molar-refractivity contribution in [3.63, 3.8) is 0 Å². The maximum atomic E-state index is 13.8. The molecule has 2 unspecified atom stereocenters. The minimum atomic E-state index is -1.16. The minimum Gasteiger partial charge on any atom is -0.491 e. The van der Waals surface area contributed by atoms with Gasteiger partial charge >= 0.3 is 0 Å². The molecule has 110 valence electrons. The van der Waals surface area contributed by atoms with Gasteiger partial charge in [0.15, 0.2) is 17.4 Å². The Kier molecular flexibility index (Phi) is 3.42. The van der Waals surface area contributed by atoms with Crippen molar-refractivity contribution >= 4 is 0 Å². The van der Waals surface area contributed by atoms with Crippen LogP contribution in [-0.4, -0.2) is 24.3 Å². The lowest BCUT2D eigenvalue weighted by Gasteiger charge is -2.45. The summed E-state index contributed by atoms with van der Waals surface area (Å²) in [6.07, 6.45) is 4.13. The third-order valence-electron chi connectivity index (χ3n) is 4.48. The quantitative estimate of drug-likeness (QED) is 0.876. The van der Waals surface area contributed by atoms with E-state index in [9.17, 15) is 13.9 Å². The van der Waals surface area contributed by atoms with Gasteiger partial charge in [0.2, 0.25) is 0 Å². The average Bonchev–Trinajstić information content (AvgIpc) is 2.37. The first-order chi connectivity index (χ1) is 9.51. The van der Waals surface area contributed by atoms with E-state index >= 15 is 0 Å². The summed E-state index contributed by atoms with van der Waals surface area (Å²) in [6, 6.07) is 2.84. The van der Waals surface area contributed by atoms with E-state index in [0.717, 1.165) is 19.3 Å². The van der Waals surface area contributed by atoms with Gasteiger partial charge in [-0.3, -0.25) is 0 Å². The summed E-state index contributed by atoms with van der Waals surface area (Å²) in [5.74, 6) is -1.93. The third-order valence-corrected chi connectivity index (χ3v) is 4.48. The summed E-state index contributed by atoms with van der Waals surface area (Å²) in [5, 5.41) is 14.3. The number of rotatable bonds is 2. The maximum absolute atomic E-state index is 13.8. The molecule has 2 aliphatic rings. The minimum absolute atomic E-state index is 0.223. The Labute approximate surface area is 116 Å². The number of hydrogen-bond donors (Lipinski definition) is 2. The van der Waals surface area contributed by atoms with Gasteiger partial charge in [0.25, 0.3) is 0 Å². The lowest BCUT2D eigenvalue weighted by Crippen LogP contribution is -2.54. The molecule has 2 saturated heterocycles. The molecule has 0 aromatic heterocycles. The van der Waals surface area contributed by atoms with Crippen LogP contribution in [0.4, 0.5) is 8.78 Å². The van der Waals surface area contributed by atoms with Crippen LogP contribution < -0.4 is 10.1 Å². The molecule has 1 aromatic carbocycles. The number of aliphatic hydroxyl groups is 1. The highest BCUT2D eigenvalue weighted by Crippen LogP contribution is 2.41. The lowest BCUT2D eigenvalue weighted by molar-refractivity contribution is -0.0363. The van der Waals surface area contributed by atoms with Crippen molar-refractivity contribution in [3.8, 4) is 5.75 Å². The number of methoxy groups -OCH3 is 1. The van der Waals surface area contributed by atoms with Gasteiger partial charge in [0, 0.05) is 12.1 Å². The Balaban J connectivity index is 1.95. The van der Waals surface area contributed by atoms with Crippen LogP contribution in [0.25, 0.3) is 0 Å². The zero-order valence-electron chi connectivity index (χ0n) is 11.5. The van der Waals surface area contributed by atoms with Gasteiger partial charge in [-0.15, -0.1) is 0 Å². The van der Waals surface area contributed by atoms with Crippen LogP contribution in [-0.2, 0) is 5.60 Å². The Morgan fingerprint density at radius 2 is 1.75 bits per heavy atom. The predicted molar refractivity (Wildman–Crippen MR) is 70.6 cm³/mol. The summed E-state index contributed by atoms with van der Waals surface area (Å²) in [4.78, 5) is 0. The molecule has 2 fully saturated rings. The Morgan fingerprint density at radius 3 is 2.25 bits per heavy atom. The van der Waals surface area contributed by atoms with Crippen molar-refractivity contribution in [2.45, 2.75) is 49.8 Å². The summed E-state index contributed by atoms with van der Waals surface area (Å²) < 4.78 is 32.4. The van der Waals surface area contributed by atoms with E-state index in [0.29, 0.717) is 18.4 Å². The van der Waals surface area contributed by atoms with Crippen LogP contribution in [0.1, 0.15) is 37.7 Å². The van der Waals surface area contributed by atoms with Gasteiger partial charge in [-0.25, -0.2) is 8.78 Å². The second-order valence-electron chi connectivity index (χ2n) is 5.90. The number of piperidine rings is 2. The standard InChI is InChI=1S/C15H19F2NO2/c1-20-14-12(16)5-9(6-13(14)17)15(19)7-10-3-2-4-11(8-15)18-10/h5-6,10-11,18-19H,2-4,7-8H2,1H3. The van der Waals surface area contributed by atoms with E-state index < -0.39 is 23.0 Å². The van der Waals surface area contributed by atoms with Crippen LogP contribution >= 0.6 is 0 Å². The van der Waals surface area contributed by atoms with E-state index in [1.54, 1.807) is 0 Å². The number of nitrogens with one attached hydrogen (secondary N) is 1. The highest BCUT2D eigenvalue weighted by molar-refractivity contribution is 5.35. The van der Waals surface area contributed by atoms with Crippen LogP contribution in [0, 0.1) is 11.6 Å². The number of fused-ring (bicyclic) bond motifs is 2. The van der Waals surface area contributed by atoms with E-state index in [4.69, 9.17) is 0 Å². The van der Waals surface area contributed by atoms with Crippen molar-refractivity contribution in [2.75, 3.05) is 7.11 Å². The molecule has 2 heterocycles. The molecule has 2 aliphatic heterocycles. The van der Waals surface area contributed by atoms with Gasteiger partial charge in [0.1, 0.15) is 0 Å². The first kappa shape index (κ1) is 13.8. The maximum Gasteiger partial charge on any atom is 0.190 e. The molecule has 2 N–H and O–H groups in total. The fraction of sp³-hybridized carbons (Fsp3) is 0.600. The molecule has 2 atom stereocenters. The van der Waals surface area contributed by atoms with Crippen LogP contribution in [0.2, 0.25) is 0 Å². The number of halogens is 2. The van der Waals surface area contributed by atoms with Crippen LogP contribution in [0.5, 0.6) is 5.75 Å². The molecule has 3 rings (SSSR count). The summed E-state index contributed by atoms with van der Waals surface area (Å²) >= 11 is 0. The van der Waals surface area contributed by atoms with Gasteiger partial charge in [0.05, 0.1) is 12.7 Å². The predicted octanol–water partition coefficient (Wildman–Crippen LogP) is 2.47. The molecule has 5 heteroatoms. The molecule has 20 heavy (non-hydrogen) atoms. The van der Waals surface area contributed by atoms with Gasteiger partial charge in [-0.2, -0.15) is 0 Å². The molecule has 0 radical (unpaired) electrons. The smallest absolute Gasteiger partial charge is 0.190 e. The van der Waals surface area contributed by atoms with Gasteiger partial charge in [-0.05, 0) is 43.4 Å². The van der Waals surface area contributed by atoms with Crippen molar-refractivity contribution in [1.29, 1.82) is 0 Å². The fourth-order valence-electron chi connectivity index (χ4n) is 3.59. The number of ether oxygens (including phenoxy) is 1. The number of hydrogen-bond acceptors (Lipinski definition) is 3. The van der Waals surface area contributed by atoms with E-state index in [1.165, 1.54) is 19.2 Å². The second kappa shape index (κ2) is 4.97. The Bertz CT molecular complexity index is 486. The van der Waals surface area contributed by atoms with Crippen LogP contribution in [0.3, 0.4) is 0 Å². The monoisotopic (exact) mass is 283 g/mol. The Hall–Kier alpha value is -1.20. The summed E-state index contributed by atoms with van der Waals surface area (Å²) in [5.41, 5.74) is -0.846. The molecule has 2 bridgehead atoms. The molecule has 0 saturated carbocycles. The van der Waals surface area contributed by atoms with Crippen molar-refractivity contribution in [1.82, 2.24) is 5.32 Å². The van der Waals surface area contributed by atoms with Crippen molar-refractivity contribution in [2.24, 2.45) is 0 Å². The average molecular weight is 283 g/mol. The van der Waals surface area contributed by atoms with Gasteiger partial charge < -0.3 is 15.2 Å². The highest BCUT2D eigenvalue weighted by atomic mass is 19.1. The lowest BCUT2D eigenvalue weighted by atomic mass is 9.74. The molecule has 0 spiro atoms. The van der Waals surface area contributed by atoms with Crippen molar-refractivity contribution in [3.05, 3.63) is 29.3 Å². The summed E-state index contributed by atoms with van der Waals surface area (Å²) in [7, 11) is 1.23. The third kappa shape index (κ3) is 2.29. The molecule has 1 aromatic rings. The first-order valence-corrected chi connectivity index (χ1v) is 7.04. The molecular weight excluding hydrogens is 264 g/mol. The topological polar surface area (TPSA) is 41.5 Å². The largest absolute Gasteiger partial charge is 0.491 e. The zero-order chi connectivity index (χ0) is 14.3. The molecule has 3 nitrogen and oxygen atoms in total. The first-order valence-electron chi connectivity index (χ1n) is 7.04. The molecule has 0 aliphatic carbocycles. The molecule has 0 amide bonds. The van der Waals surface area contributed by atoms with E-state index in [1.807, 2.05) is 0 Å². The second-order valence-corrected chi connectivity index (χ2v) is 5.90. The summed E-state index contributed by atoms with van der Waals surface area (Å²) in [6.45, 7) is 0. The molecular formula is C15H19F2NO2. The van der Waals surface area contributed by atoms with E-state index in [2.05, 4.69) is 10.1 Å². The van der Waals surface area contributed by atoms with Crippen molar-refractivity contribution < 1.29 is 18.6 Å². The Morgan fingerprint density at radius 1 is 1.20 bits per heavy atom.